The van der Waals surface area contributed by atoms with Crippen LogP contribution in [0.5, 0.6) is 0 Å². The number of aryl methyl sites for hydroxylation is 1. The van der Waals surface area contributed by atoms with Crippen molar-refractivity contribution in [3.05, 3.63) is 35.4 Å². The summed E-state index contributed by atoms with van der Waals surface area (Å²) in [4.78, 5) is 11.2. The van der Waals surface area contributed by atoms with Gasteiger partial charge in [0.25, 0.3) is 0 Å². The molecule has 4 nitrogen and oxygen atoms in total. The Bertz CT molecular complexity index is 580. The van der Waals surface area contributed by atoms with Crippen molar-refractivity contribution in [3.8, 4) is 0 Å². The summed E-state index contributed by atoms with van der Waals surface area (Å²) < 4.78 is 5.83. The number of benzene rings is 1. The quantitative estimate of drug-likeness (QED) is 0.841. The first kappa shape index (κ1) is 16.6. The van der Waals surface area contributed by atoms with Gasteiger partial charge in [0.1, 0.15) is 0 Å². The van der Waals surface area contributed by atoms with Crippen molar-refractivity contribution in [2.45, 2.75) is 45.1 Å². The molecule has 0 radical (unpaired) electrons. The molecule has 4 heteroatoms. The van der Waals surface area contributed by atoms with Gasteiger partial charge in [-0.15, -0.1) is 0 Å². The van der Waals surface area contributed by atoms with Crippen molar-refractivity contribution in [2.75, 3.05) is 19.0 Å². The Morgan fingerprint density at radius 3 is 2.77 bits per heavy atom. The molecule has 1 aliphatic heterocycles. The number of carboxylic acid groups (broad SMARTS) is 1. The zero-order chi connectivity index (χ0) is 16.2. The molecule has 2 N–H and O–H groups in total. The maximum atomic E-state index is 11.2. The van der Waals surface area contributed by atoms with E-state index in [-0.39, 0.29) is 6.42 Å². The number of ether oxygens (including phenoxy) is 1. The average Bonchev–Trinajstić information content (AvgIpc) is 2.53. The van der Waals surface area contributed by atoms with E-state index in [1.165, 1.54) is 11.1 Å². The molecular formula is C18H25NO3. The van der Waals surface area contributed by atoms with E-state index in [0.29, 0.717) is 13.0 Å². The van der Waals surface area contributed by atoms with E-state index in [1.807, 2.05) is 20.0 Å². The topological polar surface area (TPSA) is 58.6 Å². The molecule has 0 amide bonds. The van der Waals surface area contributed by atoms with Gasteiger partial charge in [-0.1, -0.05) is 32.0 Å². The third-order valence-corrected chi connectivity index (χ3v) is 4.37. The van der Waals surface area contributed by atoms with Crippen LogP contribution in [-0.2, 0) is 16.0 Å². The van der Waals surface area contributed by atoms with Gasteiger partial charge >= 0.3 is 5.97 Å². The van der Waals surface area contributed by atoms with Gasteiger partial charge in [-0.3, -0.25) is 4.79 Å². The summed E-state index contributed by atoms with van der Waals surface area (Å²) in [5.41, 5.74) is 4.06. The Hall–Kier alpha value is -1.81. The van der Waals surface area contributed by atoms with Gasteiger partial charge < -0.3 is 15.2 Å². The maximum Gasteiger partial charge on any atom is 0.306 e. The molecule has 1 atom stereocenters. The molecule has 1 aliphatic rings. The van der Waals surface area contributed by atoms with Gasteiger partial charge in [0.2, 0.25) is 0 Å². The van der Waals surface area contributed by atoms with E-state index in [1.54, 1.807) is 0 Å². The van der Waals surface area contributed by atoms with Crippen LogP contribution in [0.15, 0.2) is 24.3 Å². The van der Waals surface area contributed by atoms with Crippen LogP contribution in [0.1, 0.15) is 44.2 Å². The number of nitrogens with one attached hydrogen (secondary N) is 1. The van der Waals surface area contributed by atoms with Crippen molar-refractivity contribution < 1.29 is 14.6 Å². The van der Waals surface area contributed by atoms with Gasteiger partial charge in [-0.05, 0) is 36.5 Å². The Labute approximate surface area is 132 Å². The highest BCUT2D eigenvalue weighted by Gasteiger charge is 2.33. The fourth-order valence-corrected chi connectivity index (χ4v) is 3.15. The van der Waals surface area contributed by atoms with Crippen LogP contribution < -0.4 is 5.32 Å². The molecule has 0 spiro atoms. The van der Waals surface area contributed by atoms with Crippen LogP contribution in [0, 0.1) is 0 Å². The van der Waals surface area contributed by atoms with E-state index >= 15 is 0 Å². The highest BCUT2D eigenvalue weighted by Crippen LogP contribution is 2.37. The summed E-state index contributed by atoms with van der Waals surface area (Å²) >= 11 is 0. The number of aliphatic carboxylic acids is 1. The van der Waals surface area contributed by atoms with Gasteiger partial charge in [0.15, 0.2) is 0 Å². The number of anilines is 1. The van der Waals surface area contributed by atoms with E-state index in [9.17, 15) is 9.90 Å². The predicted molar refractivity (Wildman–Crippen MR) is 89.2 cm³/mol. The molecule has 1 heterocycles. The molecule has 0 aromatic heterocycles. The number of para-hydroxylation sites is 1. The highest BCUT2D eigenvalue weighted by molar-refractivity contribution is 5.80. The zero-order valence-corrected chi connectivity index (χ0v) is 13.6. The molecule has 1 aromatic carbocycles. The van der Waals surface area contributed by atoms with Gasteiger partial charge in [0.05, 0.1) is 18.6 Å². The number of hydrogen-bond donors (Lipinski definition) is 2. The summed E-state index contributed by atoms with van der Waals surface area (Å²) in [6.07, 6.45) is 4.46. The van der Waals surface area contributed by atoms with Crippen LogP contribution in [0.2, 0.25) is 0 Å². The fraction of sp³-hybridized carbons (Fsp3) is 0.500. The highest BCUT2D eigenvalue weighted by atomic mass is 16.5. The molecule has 22 heavy (non-hydrogen) atoms. The number of carboxylic acids is 1. The van der Waals surface area contributed by atoms with Crippen molar-refractivity contribution in [2.24, 2.45) is 0 Å². The normalized spacial score (nSPS) is 21.3. The lowest BCUT2D eigenvalue weighted by molar-refractivity contribution is -0.143. The van der Waals surface area contributed by atoms with Crippen molar-refractivity contribution in [1.82, 2.24) is 0 Å². The van der Waals surface area contributed by atoms with Gasteiger partial charge in [0, 0.05) is 18.3 Å². The van der Waals surface area contributed by atoms with Gasteiger partial charge in [-0.25, -0.2) is 0 Å². The second-order valence-corrected chi connectivity index (χ2v) is 5.70. The molecule has 120 valence electrons. The Morgan fingerprint density at radius 1 is 1.41 bits per heavy atom. The SMILES string of the molecule is CCc1cccc(C2=CC(CC)(CC(=O)O)OCC2)c1NC. The lowest BCUT2D eigenvalue weighted by Gasteiger charge is -2.34. The first-order valence-corrected chi connectivity index (χ1v) is 7.92. The average molecular weight is 303 g/mol. The minimum atomic E-state index is -0.824. The Balaban J connectivity index is 2.47. The molecule has 2 rings (SSSR count). The van der Waals surface area contributed by atoms with E-state index in [2.05, 4.69) is 30.4 Å². The minimum Gasteiger partial charge on any atom is -0.481 e. The van der Waals surface area contributed by atoms with Crippen molar-refractivity contribution in [3.63, 3.8) is 0 Å². The van der Waals surface area contributed by atoms with E-state index < -0.39 is 11.6 Å². The molecule has 0 aliphatic carbocycles. The number of hydrogen-bond acceptors (Lipinski definition) is 3. The van der Waals surface area contributed by atoms with E-state index in [0.717, 1.165) is 24.1 Å². The third-order valence-electron chi connectivity index (χ3n) is 4.37. The lowest BCUT2D eigenvalue weighted by atomic mass is 9.86. The first-order valence-electron chi connectivity index (χ1n) is 7.92. The van der Waals surface area contributed by atoms with Gasteiger partial charge in [-0.2, -0.15) is 0 Å². The van der Waals surface area contributed by atoms with E-state index in [4.69, 9.17) is 4.74 Å². The smallest absolute Gasteiger partial charge is 0.306 e. The van der Waals surface area contributed by atoms with Crippen LogP contribution in [0.25, 0.3) is 5.57 Å². The minimum absolute atomic E-state index is 0.00928. The van der Waals surface area contributed by atoms with Crippen molar-refractivity contribution in [1.29, 1.82) is 0 Å². The molecular weight excluding hydrogens is 278 g/mol. The molecule has 0 saturated carbocycles. The fourth-order valence-electron chi connectivity index (χ4n) is 3.15. The second-order valence-electron chi connectivity index (χ2n) is 5.70. The molecule has 0 bridgehead atoms. The third kappa shape index (κ3) is 3.33. The standard InChI is InChI=1S/C18H25NO3/c1-4-13-7-6-8-15(17(13)19-3)14-9-10-22-18(5-2,11-14)12-16(20)21/h6-8,11,19H,4-5,9-10,12H2,1-3H3,(H,20,21). The zero-order valence-electron chi connectivity index (χ0n) is 13.6. The van der Waals surface area contributed by atoms with Crippen LogP contribution in [-0.4, -0.2) is 30.3 Å². The summed E-state index contributed by atoms with van der Waals surface area (Å²) in [5.74, 6) is -0.824. The number of rotatable bonds is 6. The second kappa shape index (κ2) is 6.97. The molecule has 0 fully saturated rings. The largest absolute Gasteiger partial charge is 0.481 e. The van der Waals surface area contributed by atoms with Crippen LogP contribution in [0.4, 0.5) is 5.69 Å². The number of carbonyl (C=O) groups is 1. The summed E-state index contributed by atoms with van der Waals surface area (Å²) in [5, 5.41) is 12.5. The summed E-state index contributed by atoms with van der Waals surface area (Å²) in [6, 6.07) is 6.29. The monoisotopic (exact) mass is 303 g/mol. The first-order chi connectivity index (χ1) is 10.5. The summed E-state index contributed by atoms with van der Waals surface area (Å²) in [7, 11) is 1.93. The van der Waals surface area contributed by atoms with Crippen LogP contribution >= 0.6 is 0 Å². The Kier molecular flexibility index (Phi) is 5.24. The maximum absolute atomic E-state index is 11.2. The molecule has 0 saturated heterocycles. The van der Waals surface area contributed by atoms with Crippen molar-refractivity contribution >= 4 is 17.2 Å². The summed E-state index contributed by atoms with van der Waals surface area (Å²) in [6.45, 7) is 4.68. The molecule has 1 aromatic rings. The lowest BCUT2D eigenvalue weighted by Crippen LogP contribution is -2.35. The van der Waals surface area contributed by atoms with Crippen LogP contribution in [0.3, 0.4) is 0 Å². The predicted octanol–water partition coefficient (Wildman–Crippen LogP) is 3.72. The Morgan fingerprint density at radius 2 is 2.18 bits per heavy atom. The molecule has 1 unspecified atom stereocenters.